The van der Waals surface area contributed by atoms with Crippen LogP contribution in [0.2, 0.25) is 0 Å². The lowest BCUT2D eigenvalue weighted by Gasteiger charge is -2.16. The largest absolute Gasteiger partial charge is 0.505 e. The van der Waals surface area contributed by atoms with Gasteiger partial charge in [0, 0.05) is 0 Å². The molecule has 0 amide bonds. The Kier molecular flexibility index (Phi) is 2.51. The average molecular weight is 194 g/mol. The van der Waals surface area contributed by atoms with E-state index in [1.54, 1.807) is 13.8 Å². The summed E-state index contributed by atoms with van der Waals surface area (Å²) in [6, 6.07) is 0. The van der Waals surface area contributed by atoms with Crippen LogP contribution in [0, 0.1) is 0 Å². The fourth-order valence-corrected chi connectivity index (χ4v) is 1.32. The molecule has 4 N–H and O–H groups in total. The van der Waals surface area contributed by atoms with Crippen LogP contribution < -0.4 is 5.46 Å². The summed E-state index contributed by atoms with van der Waals surface area (Å²) in [5.74, 6) is -2.82. The van der Waals surface area contributed by atoms with Gasteiger partial charge in [-0.25, -0.2) is 0 Å². The Morgan fingerprint density at radius 2 is 1.29 bits per heavy atom. The van der Waals surface area contributed by atoms with E-state index in [9.17, 15) is 15.3 Å². The van der Waals surface area contributed by atoms with Gasteiger partial charge in [0.05, 0.1) is 0 Å². The van der Waals surface area contributed by atoms with Crippen LogP contribution in [-0.4, -0.2) is 28.3 Å². The number of aromatic hydroxyl groups is 4. The van der Waals surface area contributed by atoms with Crippen molar-refractivity contribution >= 4 is 13.3 Å². The molecule has 1 aromatic rings. The molecule has 14 heavy (non-hydrogen) atoms. The Morgan fingerprint density at radius 1 is 0.857 bits per heavy atom. The second-order valence-corrected chi connectivity index (χ2v) is 3.38. The molecule has 5 heteroatoms. The van der Waals surface area contributed by atoms with E-state index in [-0.39, 0.29) is 16.9 Å². The van der Waals surface area contributed by atoms with Crippen LogP contribution in [0.15, 0.2) is 0 Å². The Bertz CT molecular complexity index is 345. The van der Waals surface area contributed by atoms with E-state index in [4.69, 9.17) is 13.0 Å². The van der Waals surface area contributed by atoms with Crippen molar-refractivity contribution in [2.45, 2.75) is 19.8 Å². The minimum absolute atomic E-state index is 0.118. The average Bonchev–Trinajstić information content (AvgIpc) is 2.11. The summed E-state index contributed by atoms with van der Waals surface area (Å²) in [7, 11) is 5.47. The Labute approximate surface area is 82.9 Å². The normalized spacial score (nSPS) is 10.8. The second-order valence-electron chi connectivity index (χ2n) is 3.38. The van der Waals surface area contributed by atoms with Crippen LogP contribution >= 0.6 is 0 Å². The number of phenolic OH excluding ortho intramolecular Hbond substituents is 4. The Hall–Kier alpha value is -1.52. The summed E-state index contributed by atoms with van der Waals surface area (Å²) in [6.45, 7) is 3.47. The van der Waals surface area contributed by atoms with Crippen LogP contribution in [0.1, 0.15) is 25.3 Å². The summed E-state index contributed by atoms with van der Waals surface area (Å²) in [4.78, 5) is 0. The minimum Gasteiger partial charge on any atom is -0.505 e. The number of hydrogen-bond acceptors (Lipinski definition) is 4. The number of hydrogen-bond donors (Lipinski definition) is 4. The summed E-state index contributed by atoms with van der Waals surface area (Å²) >= 11 is 0. The van der Waals surface area contributed by atoms with Crippen molar-refractivity contribution in [3.63, 3.8) is 0 Å². The van der Waals surface area contributed by atoms with E-state index in [2.05, 4.69) is 0 Å². The quantitative estimate of drug-likeness (QED) is 0.297. The van der Waals surface area contributed by atoms with Crippen molar-refractivity contribution < 1.29 is 20.4 Å². The summed E-state index contributed by atoms with van der Waals surface area (Å²) in [6.07, 6.45) is 0. The fourth-order valence-electron chi connectivity index (χ4n) is 1.32. The maximum Gasteiger partial charge on any atom is 0.204 e. The lowest BCUT2D eigenvalue weighted by molar-refractivity contribution is 0.344. The highest BCUT2D eigenvalue weighted by Gasteiger charge is 2.21. The molecule has 0 aliphatic rings. The molecule has 0 fully saturated rings. The zero-order valence-corrected chi connectivity index (χ0v) is 7.94. The molecule has 0 aliphatic carbocycles. The lowest BCUT2D eigenvalue weighted by atomic mass is 9.83. The van der Waals surface area contributed by atoms with E-state index >= 15 is 0 Å². The van der Waals surface area contributed by atoms with Gasteiger partial charge < -0.3 is 20.4 Å². The first kappa shape index (κ1) is 10.6. The summed E-state index contributed by atoms with van der Waals surface area (Å²) < 4.78 is 0. The molecule has 0 aromatic heterocycles. The first-order valence-corrected chi connectivity index (χ1v) is 4.13. The van der Waals surface area contributed by atoms with E-state index in [1.165, 1.54) is 0 Å². The SMILES string of the molecule is [B]c1c(O)c(O)c(O)c(O)c1C(C)C. The van der Waals surface area contributed by atoms with Gasteiger partial charge in [-0.3, -0.25) is 0 Å². The highest BCUT2D eigenvalue weighted by atomic mass is 16.3. The van der Waals surface area contributed by atoms with Crippen molar-refractivity contribution in [1.29, 1.82) is 0 Å². The predicted molar refractivity (Wildman–Crippen MR) is 52.6 cm³/mol. The molecule has 4 nitrogen and oxygen atoms in total. The maximum absolute atomic E-state index is 9.45. The van der Waals surface area contributed by atoms with Gasteiger partial charge in [0.15, 0.2) is 11.5 Å². The van der Waals surface area contributed by atoms with Gasteiger partial charge >= 0.3 is 0 Å². The van der Waals surface area contributed by atoms with Crippen LogP contribution in [0.5, 0.6) is 23.0 Å². The van der Waals surface area contributed by atoms with Crippen molar-refractivity contribution in [2.24, 2.45) is 0 Å². The van der Waals surface area contributed by atoms with Crippen LogP contribution in [0.3, 0.4) is 0 Å². The lowest BCUT2D eigenvalue weighted by Crippen LogP contribution is -2.12. The van der Waals surface area contributed by atoms with E-state index in [0.717, 1.165) is 0 Å². The molecule has 0 saturated heterocycles. The number of phenols is 4. The van der Waals surface area contributed by atoms with Gasteiger partial charge in [-0.1, -0.05) is 13.8 Å². The van der Waals surface area contributed by atoms with Crippen LogP contribution in [-0.2, 0) is 0 Å². The third kappa shape index (κ3) is 1.34. The zero-order chi connectivity index (χ0) is 11.0. The minimum atomic E-state index is -0.801. The molecule has 0 unspecified atom stereocenters. The van der Waals surface area contributed by atoms with Gasteiger partial charge in [-0.15, -0.1) is 0 Å². The molecule has 1 rings (SSSR count). The third-order valence-corrected chi connectivity index (χ3v) is 2.05. The van der Waals surface area contributed by atoms with Gasteiger partial charge in [-0.2, -0.15) is 0 Å². The number of rotatable bonds is 1. The smallest absolute Gasteiger partial charge is 0.204 e. The van der Waals surface area contributed by atoms with Gasteiger partial charge in [0.1, 0.15) is 7.85 Å². The monoisotopic (exact) mass is 194 g/mol. The molecule has 1 aromatic carbocycles. The second kappa shape index (κ2) is 3.33. The first-order chi connectivity index (χ1) is 6.37. The third-order valence-electron chi connectivity index (χ3n) is 2.05. The number of benzene rings is 1. The standard InChI is InChI=1S/C9H11BO4/c1-3(2)4-5(10)7(12)9(14)8(13)6(4)11/h3,11-14H,1-2H3. The van der Waals surface area contributed by atoms with Gasteiger partial charge in [0.2, 0.25) is 11.5 Å². The Morgan fingerprint density at radius 3 is 1.71 bits per heavy atom. The molecular weight excluding hydrogens is 183 g/mol. The van der Waals surface area contributed by atoms with Crippen LogP contribution in [0.4, 0.5) is 0 Å². The molecule has 0 atom stereocenters. The predicted octanol–water partition coefficient (Wildman–Crippen LogP) is 0.426. The van der Waals surface area contributed by atoms with E-state index in [1.807, 2.05) is 0 Å². The van der Waals surface area contributed by atoms with E-state index in [0.29, 0.717) is 0 Å². The molecular formula is C9H11BO4. The van der Waals surface area contributed by atoms with E-state index < -0.39 is 23.0 Å². The molecule has 0 spiro atoms. The summed E-state index contributed by atoms with van der Waals surface area (Å²) in [5.41, 5.74) is 0.102. The van der Waals surface area contributed by atoms with Crippen molar-refractivity contribution in [1.82, 2.24) is 0 Å². The van der Waals surface area contributed by atoms with Crippen molar-refractivity contribution in [3.8, 4) is 23.0 Å². The fraction of sp³-hybridized carbons (Fsp3) is 0.333. The molecule has 0 saturated carbocycles. The summed E-state index contributed by atoms with van der Waals surface area (Å²) in [5, 5.41) is 37.1. The molecule has 0 heterocycles. The molecule has 2 radical (unpaired) electrons. The molecule has 74 valence electrons. The first-order valence-electron chi connectivity index (χ1n) is 4.13. The van der Waals surface area contributed by atoms with Crippen molar-refractivity contribution in [2.75, 3.05) is 0 Å². The topological polar surface area (TPSA) is 80.9 Å². The molecule has 0 aliphatic heterocycles. The maximum atomic E-state index is 9.45. The van der Waals surface area contributed by atoms with Gasteiger partial charge in [-0.05, 0) is 16.9 Å². The highest BCUT2D eigenvalue weighted by molar-refractivity contribution is 6.36. The molecule has 0 bridgehead atoms. The Balaban J connectivity index is 3.60. The van der Waals surface area contributed by atoms with Gasteiger partial charge in [0.25, 0.3) is 0 Å². The van der Waals surface area contributed by atoms with Crippen molar-refractivity contribution in [3.05, 3.63) is 5.56 Å². The van der Waals surface area contributed by atoms with Crippen LogP contribution in [0.25, 0.3) is 0 Å². The zero-order valence-electron chi connectivity index (χ0n) is 7.94. The highest BCUT2D eigenvalue weighted by Crippen LogP contribution is 2.44.